The topological polar surface area (TPSA) is 82.5 Å². The minimum Gasteiger partial charge on any atom is -0.313 e. The molecule has 0 aliphatic carbocycles. The van der Waals surface area contributed by atoms with E-state index in [-0.39, 0.29) is 23.7 Å². The maximum atomic E-state index is 12.2. The van der Waals surface area contributed by atoms with Crippen LogP contribution in [-0.4, -0.2) is 15.3 Å². The number of carbonyl (C=O) groups excluding carboxylic acids is 1. The van der Waals surface area contributed by atoms with Crippen LogP contribution >= 0.6 is 0 Å². The highest BCUT2D eigenvalue weighted by molar-refractivity contribution is 5.96. The molecule has 1 aromatic heterocycles. The highest BCUT2D eigenvalue weighted by Crippen LogP contribution is 2.12. The number of nitrogens with zero attached hydrogens (tertiary/aromatic N) is 4. The molecule has 0 aliphatic rings. The van der Waals surface area contributed by atoms with Gasteiger partial charge < -0.3 is 4.57 Å². The molecule has 0 spiro atoms. The van der Waals surface area contributed by atoms with Crippen LogP contribution in [0.15, 0.2) is 24.5 Å². The minimum atomic E-state index is -0.119. The Kier molecular flexibility index (Phi) is 3.63. The quantitative estimate of drug-likeness (QED) is 0.795. The summed E-state index contributed by atoms with van der Waals surface area (Å²) < 4.78 is 1.40. The average molecular weight is 264 g/mol. The van der Waals surface area contributed by atoms with Gasteiger partial charge >= 0.3 is 0 Å². The van der Waals surface area contributed by atoms with Gasteiger partial charge in [-0.1, -0.05) is 12.1 Å². The molecule has 0 saturated heterocycles. The Labute approximate surface area is 116 Å². The van der Waals surface area contributed by atoms with Gasteiger partial charge in [0.25, 0.3) is 0 Å². The fraction of sp³-hybridized carbons (Fsp3) is 0.200. The van der Waals surface area contributed by atoms with Crippen molar-refractivity contribution in [3.05, 3.63) is 52.6 Å². The lowest BCUT2D eigenvalue weighted by Gasteiger charge is -2.06. The van der Waals surface area contributed by atoms with Gasteiger partial charge in [0, 0.05) is 5.56 Å². The summed E-state index contributed by atoms with van der Waals surface area (Å²) in [4.78, 5) is 16.0. The minimum absolute atomic E-state index is 0.0000737. The Morgan fingerprint density at radius 1 is 1.25 bits per heavy atom. The zero-order chi connectivity index (χ0) is 14.7. The molecule has 20 heavy (non-hydrogen) atoms. The first kappa shape index (κ1) is 13.5. The van der Waals surface area contributed by atoms with E-state index >= 15 is 0 Å². The molecule has 0 fully saturated rings. The lowest BCUT2D eigenvalue weighted by molar-refractivity contribution is 0.0971. The summed E-state index contributed by atoms with van der Waals surface area (Å²) in [5, 5.41) is 17.8. The van der Waals surface area contributed by atoms with Crippen molar-refractivity contribution >= 4 is 5.78 Å². The van der Waals surface area contributed by atoms with Crippen LogP contribution in [0.2, 0.25) is 0 Å². The first-order valence-corrected chi connectivity index (χ1v) is 6.02. The Morgan fingerprint density at radius 3 is 2.60 bits per heavy atom. The Balaban J connectivity index is 2.29. The largest absolute Gasteiger partial charge is 0.313 e. The van der Waals surface area contributed by atoms with E-state index in [2.05, 4.69) is 4.98 Å². The van der Waals surface area contributed by atoms with E-state index in [9.17, 15) is 4.79 Å². The van der Waals surface area contributed by atoms with Crippen molar-refractivity contribution in [3.63, 3.8) is 0 Å². The summed E-state index contributed by atoms with van der Waals surface area (Å²) >= 11 is 0. The average Bonchev–Trinajstić information content (AvgIpc) is 2.83. The van der Waals surface area contributed by atoms with E-state index in [0.717, 1.165) is 11.1 Å². The number of rotatable bonds is 3. The molecule has 0 unspecified atom stereocenters. The second-order valence-electron chi connectivity index (χ2n) is 4.52. The first-order valence-electron chi connectivity index (χ1n) is 6.02. The molecular formula is C15H12N4O. The van der Waals surface area contributed by atoms with Crippen molar-refractivity contribution in [2.24, 2.45) is 0 Å². The van der Waals surface area contributed by atoms with Gasteiger partial charge in [-0.3, -0.25) is 4.79 Å². The molecule has 0 radical (unpaired) electrons. The predicted octanol–water partition coefficient (Wildman–Crippen LogP) is 2.13. The van der Waals surface area contributed by atoms with Crippen LogP contribution < -0.4 is 0 Å². The zero-order valence-corrected chi connectivity index (χ0v) is 11.2. The summed E-state index contributed by atoms with van der Waals surface area (Å²) in [5.74, 6) is -0.119. The number of hydrogen-bond donors (Lipinski definition) is 0. The van der Waals surface area contributed by atoms with E-state index < -0.39 is 0 Å². The molecule has 2 rings (SSSR count). The molecule has 2 aromatic rings. The highest BCUT2D eigenvalue weighted by atomic mass is 16.1. The van der Waals surface area contributed by atoms with Crippen LogP contribution in [0.1, 0.15) is 32.9 Å². The van der Waals surface area contributed by atoms with Gasteiger partial charge in [-0.2, -0.15) is 10.5 Å². The third-order valence-electron chi connectivity index (χ3n) is 3.19. The van der Waals surface area contributed by atoms with Crippen molar-refractivity contribution in [2.45, 2.75) is 20.4 Å². The third kappa shape index (κ3) is 2.43. The summed E-state index contributed by atoms with van der Waals surface area (Å²) in [7, 11) is 0. The molecule has 0 saturated carbocycles. The number of benzene rings is 1. The Bertz CT molecular complexity index is 759. The molecule has 0 N–H and O–H groups in total. The molecule has 0 atom stereocenters. The van der Waals surface area contributed by atoms with Crippen LogP contribution in [0.4, 0.5) is 0 Å². The summed E-state index contributed by atoms with van der Waals surface area (Å²) in [6, 6.07) is 9.21. The number of aryl methyl sites for hydroxylation is 2. The summed E-state index contributed by atoms with van der Waals surface area (Å²) in [6.07, 6.45) is 1.34. The van der Waals surface area contributed by atoms with Gasteiger partial charge in [0.05, 0.1) is 12.9 Å². The predicted molar refractivity (Wildman–Crippen MR) is 71.9 cm³/mol. The third-order valence-corrected chi connectivity index (χ3v) is 3.19. The second kappa shape index (κ2) is 5.38. The smallest absolute Gasteiger partial charge is 0.182 e. The van der Waals surface area contributed by atoms with E-state index in [1.165, 1.54) is 10.9 Å². The van der Waals surface area contributed by atoms with Gasteiger partial charge in [0.1, 0.15) is 12.1 Å². The van der Waals surface area contributed by atoms with Crippen molar-refractivity contribution in [1.82, 2.24) is 9.55 Å². The highest BCUT2D eigenvalue weighted by Gasteiger charge is 2.14. The number of hydrogen-bond acceptors (Lipinski definition) is 4. The van der Waals surface area contributed by atoms with Crippen LogP contribution in [0.25, 0.3) is 0 Å². The molecule has 0 bridgehead atoms. The summed E-state index contributed by atoms with van der Waals surface area (Å²) in [5.41, 5.74) is 2.91. The van der Waals surface area contributed by atoms with Crippen LogP contribution in [0.3, 0.4) is 0 Å². The number of nitriles is 2. The molecule has 0 aliphatic heterocycles. The van der Waals surface area contributed by atoms with Crippen molar-refractivity contribution in [3.8, 4) is 12.1 Å². The summed E-state index contributed by atoms with van der Waals surface area (Å²) in [6.45, 7) is 3.92. The maximum Gasteiger partial charge on any atom is 0.182 e. The van der Waals surface area contributed by atoms with Crippen LogP contribution in [-0.2, 0) is 6.54 Å². The number of Topliss-reactive ketones (excluding diaryl/α,β-unsaturated/α-hetero) is 1. The fourth-order valence-electron chi connectivity index (χ4n) is 1.86. The van der Waals surface area contributed by atoms with Gasteiger partial charge in [0.2, 0.25) is 0 Å². The lowest BCUT2D eigenvalue weighted by atomic mass is 10.0. The zero-order valence-electron chi connectivity index (χ0n) is 11.2. The van der Waals surface area contributed by atoms with Crippen LogP contribution in [0.5, 0.6) is 0 Å². The van der Waals surface area contributed by atoms with Crippen molar-refractivity contribution < 1.29 is 4.79 Å². The van der Waals surface area contributed by atoms with Gasteiger partial charge in [-0.05, 0) is 31.0 Å². The molecule has 5 heteroatoms. The molecule has 1 heterocycles. The van der Waals surface area contributed by atoms with E-state index in [1.54, 1.807) is 6.07 Å². The number of imidazole rings is 1. The fourth-order valence-corrected chi connectivity index (χ4v) is 1.86. The Hall–Kier alpha value is -2.92. The van der Waals surface area contributed by atoms with Gasteiger partial charge in [-0.15, -0.1) is 0 Å². The Morgan fingerprint density at radius 2 is 2.00 bits per heavy atom. The SMILES string of the molecule is Cc1ccc(C(=O)Cn2cnc(C#N)c2C#N)cc1C. The first-order chi connectivity index (χ1) is 9.56. The van der Waals surface area contributed by atoms with Crippen molar-refractivity contribution in [2.75, 3.05) is 0 Å². The number of carbonyl (C=O) groups is 1. The van der Waals surface area contributed by atoms with Crippen molar-refractivity contribution in [1.29, 1.82) is 10.5 Å². The van der Waals surface area contributed by atoms with E-state index in [0.29, 0.717) is 5.56 Å². The number of aromatic nitrogens is 2. The monoisotopic (exact) mass is 264 g/mol. The van der Waals surface area contributed by atoms with Gasteiger partial charge in [0.15, 0.2) is 17.2 Å². The number of ketones is 1. The molecule has 98 valence electrons. The standard InChI is InChI=1S/C15H12N4O/c1-10-3-4-12(5-11(10)2)15(20)8-19-9-18-13(6-16)14(19)7-17/h3-5,9H,8H2,1-2H3. The van der Waals surface area contributed by atoms with E-state index in [1.807, 2.05) is 38.1 Å². The van der Waals surface area contributed by atoms with Crippen LogP contribution in [0, 0.1) is 36.5 Å². The normalized spacial score (nSPS) is 9.80. The van der Waals surface area contributed by atoms with E-state index in [4.69, 9.17) is 10.5 Å². The lowest BCUT2D eigenvalue weighted by Crippen LogP contribution is -2.11. The molecule has 1 aromatic carbocycles. The molecular weight excluding hydrogens is 252 g/mol. The molecule has 5 nitrogen and oxygen atoms in total. The van der Waals surface area contributed by atoms with Gasteiger partial charge in [-0.25, -0.2) is 4.98 Å². The maximum absolute atomic E-state index is 12.2. The molecule has 0 amide bonds. The second-order valence-corrected chi connectivity index (χ2v) is 4.52.